The third-order valence-electron chi connectivity index (χ3n) is 7.91. The predicted molar refractivity (Wildman–Crippen MR) is 143 cm³/mol. The number of ether oxygens (including phenoxy) is 1. The smallest absolute Gasteiger partial charge is 0.407 e. The molecule has 2 aliphatic rings. The van der Waals surface area contributed by atoms with E-state index in [0.29, 0.717) is 54.5 Å². The van der Waals surface area contributed by atoms with E-state index in [2.05, 4.69) is 15.6 Å². The van der Waals surface area contributed by atoms with E-state index in [-0.39, 0.29) is 17.3 Å². The summed E-state index contributed by atoms with van der Waals surface area (Å²) in [4.78, 5) is 46.2. The zero-order chi connectivity index (χ0) is 26.7. The number of nitrogens with one attached hydrogen (secondary N) is 2. The minimum absolute atomic E-state index is 0.250. The van der Waals surface area contributed by atoms with Crippen LogP contribution in [-0.2, 0) is 17.8 Å². The first-order valence-electron chi connectivity index (χ1n) is 14.1. The van der Waals surface area contributed by atoms with Gasteiger partial charge in [-0.1, -0.05) is 13.8 Å². The van der Waals surface area contributed by atoms with Gasteiger partial charge >= 0.3 is 11.8 Å². The largest absolute Gasteiger partial charge is 0.444 e. The maximum atomic E-state index is 13.1. The van der Waals surface area contributed by atoms with Gasteiger partial charge in [-0.25, -0.2) is 14.6 Å². The number of hydrogen-bond acceptors (Lipinski definition) is 5. The summed E-state index contributed by atoms with van der Waals surface area (Å²) in [5.74, 6) is 3.11. The average Bonchev–Trinajstić information content (AvgIpc) is 3.36. The van der Waals surface area contributed by atoms with Crippen LogP contribution in [0.4, 0.5) is 4.79 Å². The van der Waals surface area contributed by atoms with Gasteiger partial charge in [-0.15, -0.1) is 0 Å². The number of aromatic amines is 1. The van der Waals surface area contributed by atoms with Gasteiger partial charge in [0.25, 0.3) is 5.56 Å². The molecule has 2 atom stereocenters. The summed E-state index contributed by atoms with van der Waals surface area (Å²) >= 11 is 0. The molecule has 4 rings (SSSR count). The fraction of sp³-hybridized carbons (Fsp3) is 0.778. The highest BCUT2D eigenvalue weighted by atomic mass is 16.6. The molecular formula is C27H45N6O4+. The number of quaternary nitrogens is 1. The van der Waals surface area contributed by atoms with Crippen LogP contribution in [0.15, 0.2) is 9.59 Å². The Morgan fingerprint density at radius 2 is 1.76 bits per heavy atom. The number of alkyl carbamates (subject to hydrolysis) is 1. The van der Waals surface area contributed by atoms with Gasteiger partial charge in [-0.05, 0) is 71.1 Å². The minimum Gasteiger partial charge on any atom is -0.444 e. The number of aromatic nitrogens is 4. The number of fused-ring (bicyclic) bond motifs is 3. The Labute approximate surface area is 218 Å². The van der Waals surface area contributed by atoms with Crippen molar-refractivity contribution in [3.05, 3.63) is 26.7 Å². The lowest BCUT2D eigenvalue weighted by Crippen LogP contribution is -2.87. The average molecular weight is 518 g/mol. The van der Waals surface area contributed by atoms with Crippen LogP contribution in [0.1, 0.15) is 84.9 Å². The van der Waals surface area contributed by atoms with Crippen molar-refractivity contribution in [3.63, 3.8) is 0 Å². The molecule has 206 valence electrons. The fourth-order valence-corrected chi connectivity index (χ4v) is 6.39. The van der Waals surface area contributed by atoms with Crippen LogP contribution in [0, 0.1) is 17.8 Å². The molecule has 2 heterocycles. The number of rotatable bonds is 10. The van der Waals surface area contributed by atoms with Crippen LogP contribution in [0.2, 0.25) is 0 Å². The molecule has 37 heavy (non-hydrogen) atoms. The molecule has 0 radical (unpaired) electrons. The molecule has 0 aromatic carbocycles. The van der Waals surface area contributed by atoms with Crippen molar-refractivity contribution in [2.24, 2.45) is 17.8 Å². The van der Waals surface area contributed by atoms with Crippen molar-refractivity contribution in [1.82, 2.24) is 24.4 Å². The molecule has 0 aliphatic heterocycles. The molecule has 0 spiro atoms. The van der Waals surface area contributed by atoms with Crippen molar-refractivity contribution >= 4 is 17.3 Å². The van der Waals surface area contributed by atoms with Crippen LogP contribution in [0.3, 0.4) is 0 Å². The van der Waals surface area contributed by atoms with Gasteiger partial charge in [-0.3, -0.25) is 13.9 Å². The molecule has 1 amide bonds. The maximum Gasteiger partial charge on any atom is 0.407 e. The van der Waals surface area contributed by atoms with Gasteiger partial charge in [0.2, 0.25) is 0 Å². The monoisotopic (exact) mass is 517 g/mol. The number of nitrogens with zero attached hydrogens (tertiary/aromatic N) is 3. The van der Waals surface area contributed by atoms with Crippen LogP contribution in [0.5, 0.6) is 0 Å². The molecule has 0 saturated heterocycles. The fourth-order valence-electron chi connectivity index (χ4n) is 6.39. The SMILES string of the molecule is CCCn1c(=O)c2[nH]c(C3CC4CCC(C3)C4C[NH2+]CCNC(=O)OC(C)(C)C)nc2n(CCC)c1=O. The molecule has 2 bridgehead atoms. The number of carbonyl (C=O) groups is 1. The van der Waals surface area contributed by atoms with Crippen LogP contribution in [0.25, 0.3) is 11.2 Å². The summed E-state index contributed by atoms with van der Waals surface area (Å²) < 4.78 is 8.32. The molecule has 2 fully saturated rings. The Morgan fingerprint density at radius 3 is 2.38 bits per heavy atom. The van der Waals surface area contributed by atoms with Gasteiger partial charge in [0.05, 0.1) is 19.6 Å². The van der Waals surface area contributed by atoms with E-state index < -0.39 is 5.60 Å². The molecule has 2 saturated carbocycles. The summed E-state index contributed by atoms with van der Waals surface area (Å²) in [5, 5.41) is 5.15. The predicted octanol–water partition coefficient (Wildman–Crippen LogP) is 2.31. The van der Waals surface area contributed by atoms with E-state index in [1.807, 2.05) is 34.6 Å². The van der Waals surface area contributed by atoms with Gasteiger partial charge < -0.3 is 20.4 Å². The Hall–Kier alpha value is -2.62. The molecule has 10 nitrogen and oxygen atoms in total. The highest BCUT2D eigenvalue weighted by Crippen LogP contribution is 2.51. The summed E-state index contributed by atoms with van der Waals surface area (Å²) in [6.45, 7) is 13.1. The highest BCUT2D eigenvalue weighted by molar-refractivity contribution is 5.70. The second-order valence-electron chi connectivity index (χ2n) is 11.9. The van der Waals surface area contributed by atoms with E-state index >= 15 is 0 Å². The van der Waals surface area contributed by atoms with Crippen molar-refractivity contribution in [1.29, 1.82) is 0 Å². The van der Waals surface area contributed by atoms with Gasteiger partial charge in [0.1, 0.15) is 16.9 Å². The van der Waals surface area contributed by atoms with Gasteiger partial charge in [0.15, 0.2) is 5.65 Å². The molecule has 10 heteroatoms. The normalized spacial score (nSPS) is 23.5. The summed E-state index contributed by atoms with van der Waals surface area (Å²) in [5.41, 5.74) is 0.000419. The number of amides is 1. The number of H-pyrrole nitrogens is 1. The van der Waals surface area contributed by atoms with Crippen LogP contribution >= 0.6 is 0 Å². The van der Waals surface area contributed by atoms with Crippen molar-refractivity contribution in [2.75, 3.05) is 19.6 Å². The quantitative estimate of drug-likeness (QED) is 0.417. The lowest BCUT2D eigenvalue weighted by Gasteiger charge is -2.33. The lowest BCUT2D eigenvalue weighted by atomic mass is 9.73. The van der Waals surface area contributed by atoms with E-state index in [4.69, 9.17) is 9.72 Å². The third kappa shape index (κ3) is 6.10. The van der Waals surface area contributed by atoms with Gasteiger partial charge in [-0.2, -0.15) is 0 Å². The first kappa shape index (κ1) is 27.4. The summed E-state index contributed by atoms with van der Waals surface area (Å²) in [6.07, 6.45) is 5.77. The number of imidazole rings is 1. The van der Waals surface area contributed by atoms with Crippen molar-refractivity contribution in [3.8, 4) is 0 Å². The molecule has 2 unspecified atom stereocenters. The minimum atomic E-state index is -0.481. The Morgan fingerprint density at radius 1 is 1.11 bits per heavy atom. The van der Waals surface area contributed by atoms with Crippen LogP contribution in [-0.4, -0.2) is 50.4 Å². The summed E-state index contributed by atoms with van der Waals surface area (Å²) in [6, 6.07) is 0. The standard InChI is InChI=1S/C27H44N6O4/c1-6-12-32-23-21(24(34)33(13-7-2)26(32)36)30-22(31-23)19-14-17-8-9-18(15-19)20(17)16-28-10-11-29-25(35)37-27(3,4)5/h17-20,28H,6-16H2,1-5H3,(H,29,35)(H,30,31)/p+1. The molecular weight excluding hydrogens is 472 g/mol. The number of nitrogens with two attached hydrogens (primary N) is 1. The van der Waals surface area contributed by atoms with E-state index in [1.54, 1.807) is 4.57 Å². The first-order chi connectivity index (χ1) is 17.6. The van der Waals surface area contributed by atoms with Gasteiger partial charge in [0, 0.05) is 24.9 Å². The Balaban J connectivity index is 1.39. The zero-order valence-electron chi connectivity index (χ0n) is 23.1. The summed E-state index contributed by atoms with van der Waals surface area (Å²) in [7, 11) is 0. The molecule has 2 aliphatic carbocycles. The Bertz CT molecular complexity index is 1190. The second kappa shape index (κ2) is 11.4. The van der Waals surface area contributed by atoms with Crippen molar-refractivity contribution < 1.29 is 14.8 Å². The topological polar surface area (TPSA) is 128 Å². The molecule has 2 aromatic heterocycles. The van der Waals surface area contributed by atoms with E-state index in [1.165, 1.54) is 17.4 Å². The third-order valence-corrected chi connectivity index (χ3v) is 7.91. The second-order valence-corrected chi connectivity index (χ2v) is 11.9. The van der Waals surface area contributed by atoms with E-state index in [9.17, 15) is 14.4 Å². The highest BCUT2D eigenvalue weighted by Gasteiger charge is 2.44. The van der Waals surface area contributed by atoms with Crippen LogP contribution < -0.4 is 21.9 Å². The number of aryl methyl sites for hydroxylation is 1. The molecule has 4 N–H and O–H groups in total. The zero-order valence-corrected chi connectivity index (χ0v) is 23.1. The lowest BCUT2D eigenvalue weighted by molar-refractivity contribution is -0.660. The van der Waals surface area contributed by atoms with Crippen molar-refractivity contribution in [2.45, 2.75) is 97.8 Å². The number of hydrogen-bond donors (Lipinski definition) is 3. The Kier molecular flexibility index (Phi) is 8.46. The first-order valence-corrected chi connectivity index (χ1v) is 14.1. The molecule has 2 aromatic rings. The number of carbonyl (C=O) groups excluding carboxylic acids is 1. The maximum absolute atomic E-state index is 13.1. The van der Waals surface area contributed by atoms with E-state index in [0.717, 1.165) is 44.6 Å².